The summed E-state index contributed by atoms with van der Waals surface area (Å²) >= 11 is 6.06. The van der Waals surface area contributed by atoms with Gasteiger partial charge in [0.25, 0.3) is 5.91 Å². The maximum atomic E-state index is 12.5. The highest BCUT2D eigenvalue weighted by atomic mass is 35.5. The summed E-state index contributed by atoms with van der Waals surface area (Å²) in [5.74, 6) is -0.269. The first-order chi connectivity index (χ1) is 14.3. The van der Waals surface area contributed by atoms with Gasteiger partial charge in [0, 0.05) is 36.8 Å². The Hall–Kier alpha value is -2.42. The van der Waals surface area contributed by atoms with Gasteiger partial charge in [-0.1, -0.05) is 23.7 Å². The smallest absolute Gasteiger partial charge is 0.251 e. The fourth-order valence-corrected chi connectivity index (χ4v) is 5.16. The van der Waals surface area contributed by atoms with Gasteiger partial charge in [-0.05, 0) is 55.2 Å². The average molecular weight is 448 g/mol. The Labute approximate surface area is 180 Å². The topological polar surface area (TPSA) is 95.6 Å². The molecule has 1 saturated heterocycles. The first-order valence-electron chi connectivity index (χ1n) is 9.83. The first kappa shape index (κ1) is 20.8. The van der Waals surface area contributed by atoms with Crippen LogP contribution in [0, 0.1) is 0 Å². The van der Waals surface area contributed by atoms with Crippen LogP contribution in [0.3, 0.4) is 0 Å². The molecule has 0 radical (unpaired) electrons. The minimum atomic E-state index is -3.76. The molecule has 0 bridgehead atoms. The van der Waals surface area contributed by atoms with Crippen LogP contribution in [0.15, 0.2) is 47.4 Å². The van der Waals surface area contributed by atoms with E-state index in [0.29, 0.717) is 6.42 Å². The van der Waals surface area contributed by atoms with Crippen LogP contribution < -0.4 is 14.9 Å². The van der Waals surface area contributed by atoms with Gasteiger partial charge < -0.3 is 10.2 Å². The van der Waals surface area contributed by atoms with Gasteiger partial charge in [0.1, 0.15) is 4.90 Å². The predicted molar refractivity (Wildman–Crippen MR) is 114 cm³/mol. The standard InChI is InChI=1S/C21H22ClN3O4S/c22-18-10-5-15(12-19(18)30(28,29)24-16-6-7-16)21(27)23-13-14-3-8-17(9-4-14)25-11-1-2-20(25)26/h3-5,8-10,12,16,24H,1-2,6-7,11,13H2,(H,23,27). The predicted octanol–water partition coefficient (Wildman–Crippen LogP) is 2.84. The minimum absolute atomic E-state index is 0.0534. The third-order valence-electron chi connectivity index (χ3n) is 5.16. The van der Waals surface area contributed by atoms with Gasteiger partial charge in [-0.2, -0.15) is 0 Å². The average Bonchev–Trinajstić information content (AvgIpc) is 3.42. The first-order valence-corrected chi connectivity index (χ1v) is 11.7. The van der Waals surface area contributed by atoms with Crippen molar-refractivity contribution in [2.45, 2.75) is 43.2 Å². The molecule has 2 amide bonds. The molecule has 2 aromatic rings. The van der Waals surface area contributed by atoms with E-state index in [-0.39, 0.29) is 34.0 Å². The third kappa shape index (κ3) is 4.66. The number of rotatable bonds is 7. The summed E-state index contributed by atoms with van der Waals surface area (Å²) in [6.45, 7) is 1.00. The Balaban J connectivity index is 1.41. The summed E-state index contributed by atoms with van der Waals surface area (Å²) < 4.78 is 27.5. The van der Waals surface area contributed by atoms with Crippen LogP contribution in [0.5, 0.6) is 0 Å². The van der Waals surface area contributed by atoms with Gasteiger partial charge in [0.2, 0.25) is 15.9 Å². The summed E-state index contributed by atoms with van der Waals surface area (Å²) in [6, 6.07) is 11.6. The van der Waals surface area contributed by atoms with Crippen LogP contribution in [0.4, 0.5) is 5.69 Å². The second-order valence-electron chi connectivity index (χ2n) is 7.54. The zero-order chi connectivity index (χ0) is 21.3. The minimum Gasteiger partial charge on any atom is -0.348 e. The highest BCUT2D eigenvalue weighted by Gasteiger charge is 2.29. The highest BCUT2D eigenvalue weighted by molar-refractivity contribution is 7.89. The molecule has 9 heteroatoms. The summed E-state index contributed by atoms with van der Waals surface area (Å²) in [6.07, 6.45) is 3.06. The van der Waals surface area contributed by atoms with E-state index < -0.39 is 15.9 Å². The molecule has 1 aliphatic carbocycles. The van der Waals surface area contributed by atoms with E-state index in [9.17, 15) is 18.0 Å². The summed E-state index contributed by atoms with van der Waals surface area (Å²) in [4.78, 5) is 26.0. The van der Waals surface area contributed by atoms with Crippen molar-refractivity contribution in [2.75, 3.05) is 11.4 Å². The van der Waals surface area contributed by atoms with Crippen molar-refractivity contribution in [3.63, 3.8) is 0 Å². The second-order valence-corrected chi connectivity index (χ2v) is 9.63. The van der Waals surface area contributed by atoms with Crippen LogP contribution in [0.25, 0.3) is 0 Å². The van der Waals surface area contributed by atoms with Gasteiger partial charge in [-0.15, -0.1) is 0 Å². The van der Waals surface area contributed by atoms with E-state index >= 15 is 0 Å². The number of nitrogens with one attached hydrogen (secondary N) is 2. The van der Waals surface area contributed by atoms with Crippen molar-refractivity contribution in [2.24, 2.45) is 0 Å². The molecule has 1 aliphatic heterocycles. The molecule has 1 saturated carbocycles. The SMILES string of the molecule is O=C(NCc1ccc(N2CCCC2=O)cc1)c1ccc(Cl)c(S(=O)(=O)NC2CC2)c1. The maximum absolute atomic E-state index is 12.5. The number of halogens is 1. The molecule has 0 aromatic heterocycles. The number of carbonyl (C=O) groups is 2. The molecule has 2 fully saturated rings. The number of benzene rings is 2. The summed E-state index contributed by atoms with van der Waals surface area (Å²) in [7, 11) is -3.76. The Morgan fingerprint density at radius 1 is 1.13 bits per heavy atom. The number of hydrogen-bond acceptors (Lipinski definition) is 4. The molecular weight excluding hydrogens is 426 g/mol. The number of sulfonamides is 1. The van der Waals surface area contributed by atoms with E-state index in [4.69, 9.17) is 11.6 Å². The maximum Gasteiger partial charge on any atom is 0.251 e. The molecule has 0 unspecified atom stereocenters. The highest BCUT2D eigenvalue weighted by Crippen LogP contribution is 2.27. The van der Waals surface area contributed by atoms with Crippen molar-refractivity contribution < 1.29 is 18.0 Å². The number of hydrogen-bond donors (Lipinski definition) is 2. The number of nitrogens with zero attached hydrogens (tertiary/aromatic N) is 1. The fraction of sp³-hybridized carbons (Fsp3) is 0.333. The lowest BCUT2D eigenvalue weighted by Gasteiger charge is -2.16. The third-order valence-corrected chi connectivity index (χ3v) is 7.16. The second kappa shape index (κ2) is 8.37. The van der Waals surface area contributed by atoms with Gasteiger partial charge >= 0.3 is 0 Å². The number of amides is 2. The molecular formula is C21H22ClN3O4S. The molecule has 7 nitrogen and oxygen atoms in total. The largest absolute Gasteiger partial charge is 0.348 e. The molecule has 2 aliphatic rings. The van der Waals surface area contributed by atoms with E-state index in [0.717, 1.165) is 37.1 Å². The van der Waals surface area contributed by atoms with E-state index in [1.807, 2.05) is 24.3 Å². The lowest BCUT2D eigenvalue weighted by atomic mass is 10.1. The summed E-state index contributed by atoms with van der Waals surface area (Å²) in [5, 5.41) is 2.86. The molecule has 30 heavy (non-hydrogen) atoms. The van der Waals surface area contributed by atoms with Gasteiger partial charge in [-0.3, -0.25) is 9.59 Å². The zero-order valence-corrected chi connectivity index (χ0v) is 17.8. The van der Waals surface area contributed by atoms with Crippen LogP contribution in [0.2, 0.25) is 5.02 Å². The van der Waals surface area contributed by atoms with E-state index in [2.05, 4.69) is 10.0 Å². The molecule has 2 aromatic carbocycles. The molecule has 0 spiro atoms. The lowest BCUT2D eigenvalue weighted by molar-refractivity contribution is -0.117. The van der Waals surface area contributed by atoms with Gasteiger partial charge in [0.15, 0.2) is 0 Å². The van der Waals surface area contributed by atoms with E-state index in [1.165, 1.54) is 18.2 Å². The van der Waals surface area contributed by atoms with Gasteiger partial charge in [0.05, 0.1) is 5.02 Å². The number of carbonyl (C=O) groups excluding carboxylic acids is 2. The van der Waals surface area contributed by atoms with Crippen LogP contribution >= 0.6 is 11.6 Å². The Bertz CT molecular complexity index is 1080. The fourth-order valence-electron chi connectivity index (χ4n) is 3.33. The van der Waals surface area contributed by atoms with Crippen molar-refractivity contribution >= 4 is 39.1 Å². The molecule has 2 N–H and O–H groups in total. The molecule has 1 heterocycles. The van der Waals surface area contributed by atoms with E-state index in [1.54, 1.807) is 4.90 Å². The molecule has 0 atom stereocenters. The Kier molecular flexibility index (Phi) is 5.81. The van der Waals surface area contributed by atoms with Crippen molar-refractivity contribution in [1.82, 2.24) is 10.0 Å². The van der Waals surface area contributed by atoms with Crippen LogP contribution in [-0.4, -0.2) is 32.8 Å². The van der Waals surface area contributed by atoms with Gasteiger partial charge in [-0.25, -0.2) is 13.1 Å². The molecule has 4 rings (SSSR count). The zero-order valence-electron chi connectivity index (χ0n) is 16.2. The van der Waals surface area contributed by atoms with Crippen molar-refractivity contribution in [1.29, 1.82) is 0 Å². The lowest BCUT2D eigenvalue weighted by Crippen LogP contribution is -2.27. The monoisotopic (exact) mass is 447 g/mol. The quantitative estimate of drug-likeness (QED) is 0.682. The molecule has 158 valence electrons. The normalized spacial score (nSPS) is 16.7. The Morgan fingerprint density at radius 2 is 1.87 bits per heavy atom. The van der Waals surface area contributed by atoms with Crippen LogP contribution in [-0.2, 0) is 21.4 Å². The van der Waals surface area contributed by atoms with Crippen molar-refractivity contribution in [3.8, 4) is 0 Å². The van der Waals surface area contributed by atoms with Crippen LogP contribution in [0.1, 0.15) is 41.6 Å². The Morgan fingerprint density at radius 3 is 2.50 bits per heavy atom. The van der Waals surface area contributed by atoms with Crippen molar-refractivity contribution in [3.05, 3.63) is 58.6 Å². The summed E-state index contributed by atoms with van der Waals surface area (Å²) in [5.41, 5.74) is 1.94. The number of anilines is 1.